The number of allylic oxidation sites excluding steroid dienone is 1. The first kappa shape index (κ1) is 11.7. The quantitative estimate of drug-likeness (QED) is 0.756. The molecule has 1 fully saturated rings. The average molecular weight is 236 g/mol. The Morgan fingerprint density at radius 2 is 1.81 bits per heavy atom. The number of nitrogens with zero attached hydrogens (tertiary/aromatic N) is 1. The largest absolute Gasteiger partial charge is 0.306 e. The van der Waals surface area contributed by atoms with E-state index in [0.29, 0.717) is 5.92 Å². The zero-order valence-corrected chi connectivity index (χ0v) is 10.5. The molecule has 0 aromatic heterocycles. The lowest BCUT2D eigenvalue weighted by atomic mass is 9.86. The zero-order valence-electron chi connectivity index (χ0n) is 9.75. The van der Waals surface area contributed by atoms with E-state index in [1.807, 2.05) is 12.1 Å². The Bertz CT molecular complexity index is 361. The maximum Gasteiger partial charge on any atom is 0.0406 e. The van der Waals surface area contributed by atoms with Gasteiger partial charge in [0.05, 0.1) is 0 Å². The van der Waals surface area contributed by atoms with Crippen LogP contribution in [-0.2, 0) is 0 Å². The molecule has 0 amide bonds. The Hall–Kier alpha value is -0.790. The number of piperidine rings is 1. The van der Waals surface area contributed by atoms with Gasteiger partial charge in [-0.05, 0) is 62.2 Å². The summed E-state index contributed by atoms with van der Waals surface area (Å²) in [4.78, 5) is 2.38. The van der Waals surface area contributed by atoms with Crippen LogP contribution in [0.1, 0.15) is 18.4 Å². The lowest BCUT2D eigenvalue weighted by Crippen LogP contribution is -2.30. The molecule has 2 heteroatoms. The minimum Gasteiger partial charge on any atom is -0.306 e. The van der Waals surface area contributed by atoms with Crippen molar-refractivity contribution in [2.45, 2.75) is 12.8 Å². The summed E-state index contributed by atoms with van der Waals surface area (Å²) < 4.78 is 0. The fourth-order valence-corrected chi connectivity index (χ4v) is 2.38. The fraction of sp³-hybridized carbons (Fsp3) is 0.429. The summed E-state index contributed by atoms with van der Waals surface area (Å²) in [5.74, 6) is 0.636. The van der Waals surface area contributed by atoms with E-state index >= 15 is 0 Å². The molecule has 0 bridgehead atoms. The van der Waals surface area contributed by atoms with E-state index in [4.69, 9.17) is 11.6 Å². The van der Waals surface area contributed by atoms with Crippen molar-refractivity contribution in [1.82, 2.24) is 4.90 Å². The second-order valence-corrected chi connectivity index (χ2v) is 5.05. The third-order valence-corrected chi connectivity index (χ3v) is 3.68. The maximum atomic E-state index is 5.88. The van der Waals surface area contributed by atoms with E-state index in [1.165, 1.54) is 37.1 Å². The van der Waals surface area contributed by atoms with Crippen LogP contribution in [0.2, 0.25) is 5.02 Å². The molecule has 1 heterocycles. The smallest absolute Gasteiger partial charge is 0.0406 e. The summed E-state index contributed by atoms with van der Waals surface area (Å²) in [6.07, 6.45) is 2.44. The highest BCUT2D eigenvalue weighted by Gasteiger charge is 2.19. The van der Waals surface area contributed by atoms with Crippen molar-refractivity contribution in [2.24, 2.45) is 5.92 Å². The van der Waals surface area contributed by atoms with Gasteiger partial charge in [-0.2, -0.15) is 0 Å². The third-order valence-electron chi connectivity index (χ3n) is 3.43. The van der Waals surface area contributed by atoms with Gasteiger partial charge in [-0.25, -0.2) is 0 Å². The molecule has 0 atom stereocenters. The molecule has 0 unspecified atom stereocenters. The predicted molar refractivity (Wildman–Crippen MR) is 70.7 cm³/mol. The third kappa shape index (κ3) is 2.66. The van der Waals surface area contributed by atoms with Gasteiger partial charge in [0.2, 0.25) is 0 Å². The number of likely N-dealkylation sites (tertiary alicyclic amines) is 1. The number of benzene rings is 1. The molecular formula is C14H18ClN. The van der Waals surface area contributed by atoms with Crippen molar-refractivity contribution in [1.29, 1.82) is 0 Å². The van der Waals surface area contributed by atoms with Crippen molar-refractivity contribution in [3.63, 3.8) is 0 Å². The van der Waals surface area contributed by atoms with Crippen molar-refractivity contribution in [3.05, 3.63) is 41.4 Å². The van der Waals surface area contributed by atoms with Gasteiger partial charge in [-0.15, -0.1) is 0 Å². The molecule has 1 aliphatic heterocycles. The second kappa shape index (κ2) is 5.03. The van der Waals surface area contributed by atoms with E-state index in [-0.39, 0.29) is 0 Å². The SMILES string of the molecule is C=C(c1ccc(Cl)cc1)C1CCN(C)CC1. The van der Waals surface area contributed by atoms with Crippen LogP contribution in [0.15, 0.2) is 30.8 Å². The van der Waals surface area contributed by atoms with Crippen molar-refractivity contribution < 1.29 is 0 Å². The Kier molecular flexibility index (Phi) is 3.67. The molecule has 0 radical (unpaired) electrons. The van der Waals surface area contributed by atoms with Crippen LogP contribution < -0.4 is 0 Å². The maximum absolute atomic E-state index is 5.88. The molecular weight excluding hydrogens is 218 g/mol. The summed E-state index contributed by atoms with van der Waals surface area (Å²) >= 11 is 5.88. The van der Waals surface area contributed by atoms with Crippen LogP contribution in [0.3, 0.4) is 0 Å². The van der Waals surface area contributed by atoms with E-state index in [9.17, 15) is 0 Å². The van der Waals surface area contributed by atoms with Crippen LogP contribution in [0.5, 0.6) is 0 Å². The first-order valence-corrected chi connectivity index (χ1v) is 6.18. The molecule has 0 N–H and O–H groups in total. The molecule has 1 aromatic rings. The number of hydrogen-bond donors (Lipinski definition) is 0. The van der Waals surface area contributed by atoms with Crippen LogP contribution in [-0.4, -0.2) is 25.0 Å². The van der Waals surface area contributed by atoms with Crippen LogP contribution in [0.4, 0.5) is 0 Å². The molecule has 1 saturated heterocycles. The lowest BCUT2D eigenvalue weighted by Gasteiger charge is -2.30. The predicted octanol–water partition coefficient (Wildman–Crippen LogP) is 3.70. The number of rotatable bonds is 2. The second-order valence-electron chi connectivity index (χ2n) is 4.61. The topological polar surface area (TPSA) is 3.24 Å². The Balaban J connectivity index is 2.05. The molecule has 0 aliphatic carbocycles. The van der Waals surface area contributed by atoms with Gasteiger partial charge in [0.25, 0.3) is 0 Å². The monoisotopic (exact) mass is 235 g/mol. The zero-order chi connectivity index (χ0) is 11.5. The van der Waals surface area contributed by atoms with E-state index < -0.39 is 0 Å². The van der Waals surface area contributed by atoms with Crippen molar-refractivity contribution in [2.75, 3.05) is 20.1 Å². The summed E-state index contributed by atoms with van der Waals surface area (Å²) in [6.45, 7) is 6.60. The van der Waals surface area contributed by atoms with Gasteiger partial charge in [-0.1, -0.05) is 30.3 Å². The molecule has 86 valence electrons. The van der Waals surface area contributed by atoms with Gasteiger partial charge in [0.1, 0.15) is 0 Å². The van der Waals surface area contributed by atoms with Crippen molar-refractivity contribution in [3.8, 4) is 0 Å². The molecule has 0 saturated carbocycles. The van der Waals surface area contributed by atoms with Crippen LogP contribution >= 0.6 is 11.6 Å². The van der Waals surface area contributed by atoms with Gasteiger partial charge >= 0.3 is 0 Å². The summed E-state index contributed by atoms with van der Waals surface area (Å²) in [5.41, 5.74) is 2.50. The highest BCUT2D eigenvalue weighted by Crippen LogP contribution is 2.30. The van der Waals surface area contributed by atoms with Gasteiger partial charge < -0.3 is 4.90 Å². The highest BCUT2D eigenvalue weighted by atomic mass is 35.5. The van der Waals surface area contributed by atoms with Gasteiger partial charge in [0.15, 0.2) is 0 Å². The van der Waals surface area contributed by atoms with Gasteiger partial charge in [-0.3, -0.25) is 0 Å². The summed E-state index contributed by atoms with van der Waals surface area (Å²) in [6, 6.07) is 8.03. The Morgan fingerprint density at radius 3 is 2.38 bits per heavy atom. The average Bonchev–Trinajstić information content (AvgIpc) is 2.30. The molecule has 16 heavy (non-hydrogen) atoms. The van der Waals surface area contributed by atoms with Crippen LogP contribution in [0, 0.1) is 5.92 Å². The van der Waals surface area contributed by atoms with E-state index in [0.717, 1.165) is 5.02 Å². The molecule has 1 nitrogen and oxygen atoms in total. The minimum atomic E-state index is 0.636. The number of hydrogen-bond acceptors (Lipinski definition) is 1. The lowest BCUT2D eigenvalue weighted by molar-refractivity contribution is 0.248. The molecule has 2 rings (SSSR count). The van der Waals surface area contributed by atoms with Crippen LogP contribution in [0.25, 0.3) is 5.57 Å². The first-order chi connectivity index (χ1) is 7.66. The minimum absolute atomic E-state index is 0.636. The normalized spacial score (nSPS) is 18.6. The number of halogens is 1. The highest BCUT2D eigenvalue weighted by molar-refractivity contribution is 6.30. The summed E-state index contributed by atoms with van der Waals surface area (Å²) in [7, 11) is 2.18. The molecule has 1 aliphatic rings. The standard InChI is InChI=1S/C14H18ClN/c1-11(12-3-5-14(15)6-4-12)13-7-9-16(2)10-8-13/h3-6,13H,1,7-10H2,2H3. The molecule has 1 aromatic carbocycles. The first-order valence-electron chi connectivity index (χ1n) is 5.80. The van der Waals surface area contributed by atoms with E-state index in [1.54, 1.807) is 0 Å². The molecule has 0 spiro atoms. The Morgan fingerprint density at radius 1 is 1.25 bits per heavy atom. The van der Waals surface area contributed by atoms with Gasteiger partial charge in [0, 0.05) is 5.02 Å². The summed E-state index contributed by atoms with van der Waals surface area (Å²) in [5, 5.41) is 0.792. The van der Waals surface area contributed by atoms with E-state index in [2.05, 4.69) is 30.7 Å². The van der Waals surface area contributed by atoms with Crippen molar-refractivity contribution >= 4 is 17.2 Å². The fourth-order valence-electron chi connectivity index (χ4n) is 2.26. The Labute approximate surface area is 103 Å².